The first kappa shape index (κ1) is 13.7. The SMILES string of the molecule is O=C1[C@@H]2[C@H]3C[C@@H]([C@H](Br)[C@H]3Br)[C@@H]2C(=O)N1C1CCCCC1. The van der Waals surface area contributed by atoms with Gasteiger partial charge in [-0.05, 0) is 31.1 Å². The third-order valence-corrected chi connectivity index (χ3v) is 9.17. The highest BCUT2D eigenvalue weighted by Crippen LogP contribution is 2.60. The molecule has 0 radical (unpaired) electrons. The van der Waals surface area contributed by atoms with Crippen LogP contribution in [-0.4, -0.2) is 32.4 Å². The highest BCUT2D eigenvalue weighted by atomic mass is 79.9. The first-order chi connectivity index (χ1) is 9.61. The average Bonchev–Trinajstić information content (AvgIpc) is 3.05. The number of hydrogen-bond donors (Lipinski definition) is 0. The zero-order chi connectivity index (χ0) is 14.0. The minimum atomic E-state index is -0.0346. The largest absolute Gasteiger partial charge is 0.279 e. The van der Waals surface area contributed by atoms with Crippen molar-refractivity contribution in [3.8, 4) is 0 Å². The van der Waals surface area contributed by atoms with Gasteiger partial charge in [-0.1, -0.05) is 51.1 Å². The normalized spacial score (nSPS) is 48.2. The summed E-state index contributed by atoms with van der Waals surface area (Å²) in [6, 6.07) is 0.191. The van der Waals surface area contributed by atoms with Gasteiger partial charge in [0.25, 0.3) is 0 Å². The fraction of sp³-hybridized carbons (Fsp3) is 0.867. The molecular formula is C15H19Br2NO2. The highest BCUT2D eigenvalue weighted by molar-refractivity contribution is 9.12. The van der Waals surface area contributed by atoms with Crippen molar-refractivity contribution in [1.29, 1.82) is 0 Å². The Labute approximate surface area is 136 Å². The van der Waals surface area contributed by atoms with E-state index < -0.39 is 0 Å². The predicted molar refractivity (Wildman–Crippen MR) is 82.7 cm³/mol. The Morgan fingerprint density at radius 1 is 0.850 bits per heavy atom. The number of carbonyl (C=O) groups excluding carboxylic acids is 2. The fourth-order valence-corrected chi connectivity index (χ4v) is 6.94. The summed E-state index contributed by atoms with van der Waals surface area (Å²) in [6.45, 7) is 0. The molecule has 2 amide bonds. The Morgan fingerprint density at radius 3 is 1.85 bits per heavy atom. The lowest BCUT2D eigenvalue weighted by Gasteiger charge is -2.30. The first-order valence-corrected chi connectivity index (χ1v) is 9.59. The molecular weight excluding hydrogens is 386 g/mol. The quantitative estimate of drug-likeness (QED) is 0.497. The minimum Gasteiger partial charge on any atom is -0.279 e. The Hall–Kier alpha value is 0.1000. The van der Waals surface area contributed by atoms with Gasteiger partial charge in [0, 0.05) is 15.7 Å². The number of imide groups is 1. The van der Waals surface area contributed by atoms with Crippen LogP contribution in [0.1, 0.15) is 38.5 Å². The van der Waals surface area contributed by atoms with E-state index in [0.717, 1.165) is 32.1 Å². The van der Waals surface area contributed by atoms with E-state index in [9.17, 15) is 9.59 Å². The number of likely N-dealkylation sites (tertiary alicyclic amines) is 1. The van der Waals surface area contributed by atoms with Gasteiger partial charge < -0.3 is 0 Å². The topological polar surface area (TPSA) is 37.4 Å². The predicted octanol–water partition coefficient (Wildman–Crippen LogP) is 3.10. The van der Waals surface area contributed by atoms with Gasteiger partial charge in [0.05, 0.1) is 11.8 Å². The van der Waals surface area contributed by atoms with Crippen LogP contribution in [0.15, 0.2) is 0 Å². The Bertz CT molecular complexity index is 431. The van der Waals surface area contributed by atoms with Gasteiger partial charge in [-0.2, -0.15) is 0 Å². The Kier molecular flexibility index (Phi) is 3.30. The first-order valence-electron chi connectivity index (χ1n) is 7.76. The van der Waals surface area contributed by atoms with Crippen molar-refractivity contribution < 1.29 is 9.59 Å². The number of nitrogens with zero attached hydrogens (tertiary/aromatic N) is 1. The summed E-state index contributed by atoms with van der Waals surface area (Å²) in [4.78, 5) is 28.0. The monoisotopic (exact) mass is 403 g/mol. The molecule has 4 rings (SSSR count). The van der Waals surface area contributed by atoms with Crippen molar-refractivity contribution in [1.82, 2.24) is 4.90 Å². The molecule has 4 fully saturated rings. The summed E-state index contributed by atoms with van der Waals surface area (Å²) in [5.41, 5.74) is 0. The zero-order valence-corrected chi connectivity index (χ0v) is 14.5. The average molecular weight is 405 g/mol. The van der Waals surface area contributed by atoms with Gasteiger partial charge in [-0.15, -0.1) is 0 Å². The molecule has 0 aromatic carbocycles. The molecule has 3 saturated carbocycles. The van der Waals surface area contributed by atoms with E-state index in [1.54, 1.807) is 4.90 Å². The molecule has 20 heavy (non-hydrogen) atoms. The molecule has 0 N–H and O–H groups in total. The number of alkyl halides is 2. The lowest BCUT2D eigenvalue weighted by Crippen LogP contribution is -2.42. The maximum atomic E-state index is 12.8. The fourth-order valence-electron chi connectivity index (χ4n) is 5.07. The van der Waals surface area contributed by atoms with Crippen LogP contribution in [0.3, 0.4) is 0 Å². The summed E-state index contributed by atoms with van der Waals surface area (Å²) in [5, 5.41) is 0. The molecule has 6 atom stereocenters. The van der Waals surface area contributed by atoms with Gasteiger partial charge >= 0.3 is 0 Å². The smallest absolute Gasteiger partial charge is 0.233 e. The van der Waals surface area contributed by atoms with Crippen molar-refractivity contribution in [3.63, 3.8) is 0 Å². The van der Waals surface area contributed by atoms with Gasteiger partial charge in [0.15, 0.2) is 0 Å². The van der Waals surface area contributed by atoms with E-state index in [1.165, 1.54) is 6.42 Å². The third-order valence-electron chi connectivity index (χ3n) is 5.96. The lowest BCUT2D eigenvalue weighted by molar-refractivity contribution is -0.144. The van der Waals surface area contributed by atoms with E-state index in [2.05, 4.69) is 31.9 Å². The standard InChI is InChI=1S/C15H19Br2NO2/c16-12-8-6-9(13(12)17)11-10(8)14(19)18(15(11)20)7-4-2-1-3-5-7/h7-13H,1-6H2/t8-,9-,10-,11+,12+,13+/m1/s1. The van der Waals surface area contributed by atoms with Crippen LogP contribution < -0.4 is 0 Å². The van der Waals surface area contributed by atoms with Crippen molar-refractivity contribution >= 4 is 43.7 Å². The van der Waals surface area contributed by atoms with Crippen LogP contribution in [0.4, 0.5) is 0 Å². The van der Waals surface area contributed by atoms with Crippen molar-refractivity contribution in [2.24, 2.45) is 23.7 Å². The maximum absolute atomic E-state index is 12.8. The van der Waals surface area contributed by atoms with Crippen LogP contribution >= 0.6 is 31.9 Å². The molecule has 0 aromatic heterocycles. The van der Waals surface area contributed by atoms with Crippen molar-refractivity contribution in [2.45, 2.75) is 54.2 Å². The number of fused-ring (bicyclic) bond motifs is 5. The van der Waals surface area contributed by atoms with Crippen LogP contribution in [0.2, 0.25) is 0 Å². The second-order valence-electron chi connectivity index (χ2n) is 6.84. The zero-order valence-electron chi connectivity index (χ0n) is 11.3. The van der Waals surface area contributed by atoms with Gasteiger partial charge in [0.2, 0.25) is 11.8 Å². The third kappa shape index (κ3) is 1.68. The van der Waals surface area contributed by atoms with Crippen LogP contribution in [0, 0.1) is 23.7 Å². The van der Waals surface area contributed by atoms with Crippen molar-refractivity contribution in [3.05, 3.63) is 0 Å². The molecule has 4 aliphatic rings. The van der Waals surface area contributed by atoms with Gasteiger partial charge in [-0.25, -0.2) is 0 Å². The number of amides is 2. The minimum absolute atomic E-state index is 0.0346. The van der Waals surface area contributed by atoms with E-state index in [1.807, 2.05) is 0 Å². The summed E-state index contributed by atoms with van der Waals surface area (Å²) >= 11 is 7.46. The second kappa shape index (κ2) is 4.80. The summed E-state index contributed by atoms with van der Waals surface area (Å²) < 4.78 is 0. The molecule has 0 unspecified atom stereocenters. The van der Waals surface area contributed by atoms with E-state index >= 15 is 0 Å². The lowest BCUT2D eigenvalue weighted by atomic mass is 9.81. The molecule has 2 bridgehead atoms. The summed E-state index contributed by atoms with van der Waals surface area (Å²) in [7, 11) is 0. The molecule has 5 heteroatoms. The van der Waals surface area contributed by atoms with Gasteiger partial charge in [-0.3, -0.25) is 14.5 Å². The highest BCUT2D eigenvalue weighted by Gasteiger charge is 2.66. The second-order valence-corrected chi connectivity index (χ2v) is 8.96. The summed E-state index contributed by atoms with van der Waals surface area (Å²) in [6.07, 6.45) is 6.62. The number of hydrogen-bond acceptors (Lipinski definition) is 2. The van der Waals surface area contributed by atoms with Crippen LogP contribution in [-0.2, 0) is 9.59 Å². The molecule has 1 aliphatic heterocycles. The maximum Gasteiger partial charge on any atom is 0.233 e. The van der Waals surface area contributed by atoms with E-state index in [0.29, 0.717) is 21.5 Å². The molecule has 3 aliphatic carbocycles. The van der Waals surface area contributed by atoms with E-state index in [-0.39, 0.29) is 29.7 Å². The molecule has 1 saturated heterocycles. The summed E-state index contributed by atoms with van der Waals surface area (Å²) in [5.74, 6) is 0.908. The van der Waals surface area contributed by atoms with Crippen LogP contribution in [0.5, 0.6) is 0 Å². The number of carbonyl (C=O) groups is 2. The molecule has 3 nitrogen and oxygen atoms in total. The molecule has 0 spiro atoms. The molecule has 1 heterocycles. The van der Waals surface area contributed by atoms with Gasteiger partial charge in [0.1, 0.15) is 0 Å². The Balaban J connectivity index is 1.63. The molecule has 110 valence electrons. The Morgan fingerprint density at radius 2 is 1.35 bits per heavy atom. The van der Waals surface area contributed by atoms with Crippen molar-refractivity contribution in [2.75, 3.05) is 0 Å². The van der Waals surface area contributed by atoms with E-state index in [4.69, 9.17) is 0 Å². The number of halogens is 2. The van der Waals surface area contributed by atoms with Crippen LogP contribution in [0.25, 0.3) is 0 Å². The number of rotatable bonds is 1. The molecule has 0 aromatic rings.